The molecule has 96 valence electrons. The molecule has 0 bridgehead atoms. The molecule has 0 unspecified atom stereocenters. The average Bonchev–Trinajstić information content (AvgIpc) is 2.37. The zero-order valence-electron chi connectivity index (χ0n) is 10.6. The van der Waals surface area contributed by atoms with Crippen LogP contribution < -0.4 is 5.73 Å². The molecule has 0 aliphatic heterocycles. The van der Waals surface area contributed by atoms with Crippen LogP contribution in [0.5, 0.6) is 5.75 Å². The highest BCUT2D eigenvalue weighted by Crippen LogP contribution is 2.36. The van der Waals surface area contributed by atoms with E-state index in [0.29, 0.717) is 11.1 Å². The van der Waals surface area contributed by atoms with Crippen molar-refractivity contribution < 1.29 is 14.6 Å². The zero-order valence-corrected chi connectivity index (χ0v) is 10.6. The highest BCUT2D eigenvalue weighted by molar-refractivity contribution is 5.77. The molecule has 0 spiro atoms. The standard InChI is InChI=1S/C13H16N2O3/c1-13(2,12(17)18-3)11(15)9-6-8(7-14)4-5-10(9)16/h4-6,11,16H,15H2,1-3H3/t11-/m0/s1. The van der Waals surface area contributed by atoms with E-state index in [2.05, 4.69) is 4.74 Å². The van der Waals surface area contributed by atoms with Crippen LogP contribution in [0.2, 0.25) is 0 Å². The second-order valence-electron chi connectivity index (χ2n) is 4.58. The summed E-state index contributed by atoms with van der Waals surface area (Å²) < 4.78 is 4.69. The Kier molecular flexibility index (Phi) is 3.94. The van der Waals surface area contributed by atoms with Crippen LogP contribution >= 0.6 is 0 Å². The maximum Gasteiger partial charge on any atom is 0.313 e. The number of ether oxygens (including phenoxy) is 1. The maximum atomic E-state index is 11.7. The van der Waals surface area contributed by atoms with Crippen LogP contribution in [0, 0.1) is 16.7 Å². The number of rotatable bonds is 3. The number of hydrogen-bond donors (Lipinski definition) is 2. The van der Waals surface area contributed by atoms with Gasteiger partial charge in [0.1, 0.15) is 5.75 Å². The van der Waals surface area contributed by atoms with Gasteiger partial charge in [-0.2, -0.15) is 5.26 Å². The van der Waals surface area contributed by atoms with E-state index in [-0.39, 0.29) is 5.75 Å². The van der Waals surface area contributed by atoms with Gasteiger partial charge < -0.3 is 15.6 Å². The number of methoxy groups -OCH3 is 1. The fourth-order valence-electron chi connectivity index (χ4n) is 1.65. The van der Waals surface area contributed by atoms with E-state index in [1.807, 2.05) is 6.07 Å². The molecule has 0 aliphatic rings. The molecule has 0 saturated carbocycles. The molecule has 18 heavy (non-hydrogen) atoms. The van der Waals surface area contributed by atoms with Crippen LogP contribution in [0.1, 0.15) is 31.0 Å². The van der Waals surface area contributed by atoms with Crippen molar-refractivity contribution in [3.05, 3.63) is 29.3 Å². The molecule has 0 aliphatic carbocycles. The van der Waals surface area contributed by atoms with Gasteiger partial charge in [-0.25, -0.2) is 0 Å². The SMILES string of the molecule is COC(=O)C(C)(C)[C@@H](N)c1cc(C#N)ccc1O. The van der Waals surface area contributed by atoms with Gasteiger partial charge in [0.25, 0.3) is 0 Å². The number of esters is 1. The van der Waals surface area contributed by atoms with E-state index in [9.17, 15) is 9.90 Å². The van der Waals surface area contributed by atoms with E-state index < -0.39 is 17.4 Å². The number of carbonyl (C=O) groups excluding carboxylic acids is 1. The zero-order chi connectivity index (χ0) is 13.9. The minimum absolute atomic E-state index is 0.0431. The lowest BCUT2D eigenvalue weighted by Crippen LogP contribution is -2.37. The lowest BCUT2D eigenvalue weighted by atomic mass is 9.80. The van der Waals surface area contributed by atoms with Crippen LogP contribution in [0.3, 0.4) is 0 Å². The van der Waals surface area contributed by atoms with Gasteiger partial charge in [0.15, 0.2) is 0 Å². The van der Waals surface area contributed by atoms with Crippen molar-refractivity contribution >= 4 is 5.97 Å². The number of nitriles is 1. The molecule has 1 aromatic rings. The summed E-state index contributed by atoms with van der Waals surface area (Å²) in [6.07, 6.45) is 0. The molecule has 0 aromatic heterocycles. The Bertz CT molecular complexity index is 503. The number of nitrogens with two attached hydrogens (primary N) is 1. The summed E-state index contributed by atoms with van der Waals surface area (Å²) in [5, 5.41) is 18.6. The smallest absolute Gasteiger partial charge is 0.313 e. The van der Waals surface area contributed by atoms with Crippen LogP contribution in [-0.4, -0.2) is 18.2 Å². The summed E-state index contributed by atoms with van der Waals surface area (Å²) >= 11 is 0. The Morgan fingerprint density at radius 1 is 1.56 bits per heavy atom. The van der Waals surface area contributed by atoms with Gasteiger partial charge in [-0.3, -0.25) is 4.79 Å². The highest BCUT2D eigenvalue weighted by atomic mass is 16.5. The second kappa shape index (κ2) is 5.07. The number of aromatic hydroxyl groups is 1. The van der Waals surface area contributed by atoms with Gasteiger partial charge in [-0.05, 0) is 32.0 Å². The molecule has 5 heteroatoms. The molecule has 1 aromatic carbocycles. The Labute approximate surface area is 106 Å². The van der Waals surface area contributed by atoms with E-state index in [0.717, 1.165) is 0 Å². The van der Waals surface area contributed by atoms with Crippen LogP contribution in [-0.2, 0) is 9.53 Å². The number of carbonyl (C=O) groups is 1. The summed E-state index contributed by atoms with van der Waals surface area (Å²) in [6, 6.07) is 5.55. The van der Waals surface area contributed by atoms with Gasteiger partial charge in [0, 0.05) is 11.6 Å². The Morgan fingerprint density at radius 3 is 2.67 bits per heavy atom. The van der Waals surface area contributed by atoms with Gasteiger partial charge in [-0.1, -0.05) is 0 Å². The van der Waals surface area contributed by atoms with Gasteiger partial charge in [0.05, 0.1) is 24.2 Å². The van der Waals surface area contributed by atoms with Crippen LogP contribution in [0.25, 0.3) is 0 Å². The lowest BCUT2D eigenvalue weighted by molar-refractivity contribution is -0.152. The molecule has 0 amide bonds. The maximum absolute atomic E-state index is 11.7. The largest absolute Gasteiger partial charge is 0.508 e. The van der Waals surface area contributed by atoms with Crippen molar-refractivity contribution in [3.63, 3.8) is 0 Å². The number of phenolic OH excluding ortho intramolecular Hbond substituents is 1. The van der Waals surface area contributed by atoms with Crippen LogP contribution in [0.15, 0.2) is 18.2 Å². The first-order valence-corrected chi connectivity index (χ1v) is 5.41. The van der Waals surface area contributed by atoms with Crippen molar-refractivity contribution in [2.75, 3.05) is 7.11 Å². The molecule has 0 saturated heterocycles. The molecule has 1 rings (SSSR count). The first-order chi connectivity index (χ1) is 8.34. The molecular weight excluding hydrogens is 232 g/mol. The summed E-state index contributed by atoms with van der Waals surface area (Å²) in [5.41, 5.74) is 5.73. The first-order valence-electron chi connectivity index (χ1n) is 5.41. The van der Waals surface area contributed by atoms with E-state index in [1.165, 1.54) is 25.3 Å². The molecule has 3 N–H and O–H groups in total. The van der Waals surface area contributed by atoms with Gasteiger partial charge >= 0.3 is 5.97 Å². The Morgan fingerprint density at radius 2 is 2.17 bits per heavy atom. The molecule has 0 fully saturated rings. The third kappa shape index (κ3) is 2.44. The van der Waals surface area contributed by atoms with Crippen molar-refractivity contribution in [2.45, 2.75) is 19.9 Å². The molecule has 1 atom stereocenters. The molecule has 0 radical (unpaired) electrons. The van der Waals surface area contributed by atoms with E-state index in [1.54, 1.807) is 13.8 Å². The van der Waals surface area contributed by atoms with Gasteiger partial charge in [0.2, 0.25) is 0 Å². The van der Waals surface area contributed by atoms with Crippen molar-refractivity contribution in [1.82, 2.24) is 0 Å². The normalized spacial score (nSPS) is 12.6. The minimum Gasteiger partial charge on any atom is -0.508 e. The third-order valence-corrected chi connectivity index (χ3v) is 2.98. The van der Waals surface area contributed by atoms with Crippen molar-refractivity contribution in [3.8, 4) is 11.8 Å². The number of nitrogens with zero attached hydrogens (tertiary/aromatic N) is 1. The highest BCUT2D eigenvalue weighted by Gasteiger charge is 2.37. The fraction of sp³-hybridized carbons (Fsp3) is 0.385. The predicted molar refractivity (Wildman–Crippen MR) is 65.5 cm³/mol. The van der Waals surface area contributed by atoms with Crippen LogP contribution in [0.4, 0.5) is 0 Å². The summed E-state index contributed by atoms with van der Waals surface area (Å²) in [7, 11) is 1.28. The fourth-order valence-corrected chi connectivity index (χ4v) is 1.65. The minimum atomic E-state index is -1.000. The lowest BCUT2D eigenvalue weighted by Gasteiger charge is -2.29. The molecular formula is C13H16N2O3. The summed E-state index contributed by atoms with van der Waals surface area (Å²) in [4.78, 5) is 11.7. The van der Waals surface area contributed by atoms with Gasteiger partial charge in [-0.15, -0.1) is 0 Å². The van der Waals surface area contributed by atoms with E-state index in [4.69, 9.17) is 11.0 Å². The second-order valence-corrected chi connectivity index (χ2v) is 4.58. The first kappa shape index (κ1) is 14.0. The Balaban J connectivity index is 3.22. The van der Waals surface area contributed by atoms with E-state index >= 15 is 0 Å². The number of hydrogen-bond acceptors (Lipinski definition) is 5. The average molecular weight is 248 g/mol. The quantitative estimate of drug-likeness (QED) is 0.789. The van der Waals surface area contributed by atoms with Crippen molar-refractivity contribution in [2.24, 2.45) is 11.1 Å². The molecule has 5 nitrogen and oxygen atoms in total. The monoisotopic (exact) mass is 248 g/mol. The van der Waals surface area contributed by atoms with Crippen molar-refractivity contribution in [1.29, 1.82) is 5.26 Å². The topological polar surface area (TPSA) is 96.3 Å². The number of benzene rings is 1. The summed E-state index contributed by atoms with van der Waals surface area (Å²) in [5.74, 6) is -0.518. The number of phenols is 1. The Hall–Kier alpha value is -2.06. The summed E-state index contributed by atoms with van der Waals surface area (Å²) in [6.45, 7) is 3.25. The predicted octanol–water partition coefficient (Wildman–Crippen LogP) is 1.46. The molecule has 0 heterocycles. The third-order valence-electron chi connectivity index (χ3n) is 2.98.